The van der Waals surface area contributed by atoms with Gasteiger partial charge < -0.3 is 5.32 Å². The largest absolute Gasteiger partial charge is 0.322 e. The van der Waals surface area contributed by atoms with Crippen molar-refractivity contribution in [2.45, 2.75) is 0 Å². The number of non-ortho nitro benzene ring substituents is 1. The number of para-hydroxylation sites is 1. The number of amides is 1. The van der Waals surface area contributed by atoms with Gasteiger partial charge in [0.2, 0.25) is 10.0 Å². The molecule has 0 saturated carbocycles. The molecule has 0 saturated heterocycles. The highest BCUT2D eigenvalue weighted by atomic mass is 32.2. The Morgan fingerprint density at radius 3 is 2.48 bits per heavy atom. The Balaban J connectivity index is 2.28. The summed E-state index contributed by atoms with van der Waals surface area (Å²) in [4.78, 5) is 22.4. The van der Waals surface area contributed by atoms with Crippen molar-refractivity contribution in [2.75, 3.05) is 16.3 Å². The fourth-order valence-electron chi connectivity index (χ4n) is 1.87. The van der Waals surface area contributed by atoms with Gasteiger partial charge in [-0.05, 0) is 18.2 Å². The summed E-state index contributed by atoms with van der Waals surface area (Å²) in [6.07, 6.45) is 0.974. The van der Waals surface area contributed by atoms with Gasteiger partial charge in [-0.2, -0.15) is 0 Å². The van der Waals surface area contributed by atoms with Crippen LogP contribution in [0.2, 0.25) is 0 Å². The number of anilines is 2. The van der Waals surface area contributed by atoms with Crippen LogP contribution < -0.4 is 10.0 Å². The van der Waals surface area contributed by atoms with E-state index in [1.165, 1.54) is 36.4 Å². The van der Waals surface area contributed by atoms with Gasteiger partial charge in [0.15, 0.2) is 0 Å². The first-order valence-corrected chi connectivity index (χ1v) is 8.28. The van der Waals surface area contributed by atoms with Gasteiger partial charge in [-0.3, -0.25) is 19.6 Å². The van der Waals surface area contributed by atoms with Gasteiger partial charge >= 0.3 is 0 Å². The zero-order chi connectivity index (χ0) is 17.0. The van der Waals surface area contributed by atoms with E-state index in [-0.39, 0.29) is 22.6 Å². The first-order chi connectivity index (χ1) is 10.8. The number of nitrogens with zero attached hydrogens (tertiary/aromatic N) is 1. The van der Waals surface area contributed by atoms with Crippen LogP contribution in [0.3, 0.4) is 0 Å². The Morgan fingerprint density at radius 2 is 1.83 bits per heavy atom. The second-order valence-corrected chi connectivity index (χ2v) is 6.43. The number of carbonyl (C=O) groups excluding carboxylic acids is 1. The number of sulfonamides is 1. The third-order valence-electron chi connectivity index (χ3n) is 2.78. The molecule has 0 fully saturated rings. The van der Waals surface area contributed by atoms with Crippen molar-refractivity contribution >= 4 is 33.0 Å². The number of nitro groups is 1. The van der Waals surface area contributed by atoms with Gasteiger partial charge in [-0.25, -0.2) is 8.42 Å². The van der Waals surface area contributed by atoms with Crippen LogP contribution in [0.15, 0.2) is 48.5 Å². The summed E-state index contributed by atoms with van der Waals surface area (Å²) >= 11 is 0. The molecule has 0 unspecified atom stereocenters. The third-order valence-corrected chi connectivity index (χ3v) is 3.37. The minimum Gasteiger partial charge on any atom is -0.322 e. The molecule has 0 radical (unpaired) electrons. The number of hydrogen-bond acceptors (Lipinski definition) is 5. The van der Waals surface area contributed by atoms with Crippen LogP contribution in [-0.2, 0) is 10.0 Å². The summed E-state index contributed by atoms with van der Waals surface area (Å²) in [6, 6.07) is 11.5. The summed E-state index contributed by atoms with van der Waals surface area (Å²) in [5.74, 6) is -0.586. The molecular weight excluding hydrogens is 322 g/mol. The second kappa shape index (κ2) is 6.44. The van der Waals surface area contributed by atoms with E-state index in [9.17, 15) is 23.3 Å². The lowest BCUT2D eigenvalue weighted by Gasteiger charge is -2.11. The second-order valence-electron chi connectivity index (χ2n) is 4.68. The smallest absolute Gasteiger partial charge is 0.271 e. The summed E-state index contributed by atoms with van der Waals surface area (Å²) in [7, 11) is -3.54. The van der Waals surface area contributed by atoms with Crippen molar-refractivity contribution in [1.29, 1.82) is 0 Å². The molecule has 0 heterocycles. The van der Waals surface area contributed by atoms with Crippen LogP contribution in [0, 0.1) is 10.1 Å². The van der Waals surface area contributed by atoms with Gasteiger partial charge in [-0.15, -0.1) is 0 Å². The number of benzene rings is 2. The highest BCUT2D eigenvalue weighted by molar-refractivity contribution is 7.92. The van der Waals surface area contributed by atoms with Crippen LogP contribution >= 0.6 is 0 Å². The summed E-state index contributed by atoms with van der Waals surface area (Å²) in [5, 5.41) is 13.2. The quantitative estimate of drug-likeness (QED) is 0.641. The average molecular weight is 335 g/mol. The summed E-state index contributed by atoms with van der Waals surface area (Å²) in [6.45, 7) is 0. The van der Waals surface area contributed by atoms with Crippen LogP contribution in [0.1, 0.15) is 10.4 Å². The van der Waals surface area contributed by atoms with E-state index in [2.05, 4.69) is 10.0 Å². The lowest BCUT2D eigenvalue weighted by atomic mass is 10.1. The van der Waals surface area contributed by atoms with Crippen molar-refractivity contribution in [3.63, 3.8) is 0 Å². The van der Waals surface area contributed by atoms with Crippen molar-refractivity contribution in [1.82, 2.24) is 0 Å². The van der Waals surface area contributed by atoms with Gasteiger partial charge in [0.25, 0.3) is 11.6 Å². The normalized spacial score (nSPS) is 10.8. The van der Waals surface area contributed by atoms with Crippen LogP contribution in [0.4, 0.5) is 17.1 Å². The van der Waals surface area contributed by atoms with E-state index in [1.54, 1.807) is 12.1 Å². The third kappa shape index (κ3) is 4.51. The fraction of sp³-hybridized carbons (Fsp3) is 0.0714. The van der Waals surface area contributed by atoms with Crippen LogP contribution in [0.25, 0.3) is 0 Å². The summed E-state index contributed by atoms with van der Waals surface area (Å²) < 4.78 is 24.9. The van der Waals surface area contributed by atoms with Crippen molar-refractivity contribution in [2.24, 2.45) is 0 Å². The van der Waals surface area contributed by atoms with Crippen LogP contribution in [-0.4, -0.2) is 25.5 Å². The molecule has 0 aromatic heterocycles. The maximum Gasteiger partial charge on any atom is 0.271 e. The number of nitrogens with one attached hydrogen (secondary N) is 2. The van der Waals surface area contributed by atoms with Crippen molar-refractivity contribution in [3.8, 4) is 0 Å². The lowest BCUT2D eigenvalue weighted by Crippen LogP contribution is -2.17. The highest BCUT2D eigenvalue weighted by Crippen LogP contribution is 2.21. The topological polar surface area (TPSA) is 118 Å². The zero-order valence-electron chi connectivity index (χ0n) is 12.0. The molecule has 0 aliphatic heterocycles. The van der Waals surface area contributed by atoms with E-state index >= 15 is 0 Å². The molecule has 1 amide bonds. The van der Waals surface area contributed by atoms with Gasteiger partial charge in [0, 0.05) is 17.8 Å². The van der Waals surface area contributed by atoms with Gasteiger partial charge in [-0.1, -0.05) is 18.2 Å². The van der Waals surface area contributed by atoms with Gasteiger partial charge in [0.1, 0.15) is 0 Å². The molecule has 120 valence electrons. The molecule has 0 aliphatic carbocycles. The number of rotatable bonds is 5. The van der Waals surface area contributed by atoms with E-state index in [4.69, 9.17) is 0 Å². The molecule has 9 heteroatoms. The minimum absolute atomic E-state index is 0.101. The molecule has 2 N–H and O–H groups in total. The molecule has 2 aromatic carbocycles. The molecular formula is C14H13N3O5S. The average Bonchev–Trinajstić information content (AvgIpc) is 2.46. The molecule has 8 nitrogen and oxygen atoms in total. The Bertz CT molecular complexity index is 864. The predicted molar refractivity (Wildman–Crippen MR) is 86.0 cm³/mol. The molecule has 0 atom stereocenters. The molecule has 23 heavy (non-hydrogen) atoms. The standard InChI is InChI=1S/C14H13N3O5S/c1-23(21,22)16-13-8-3-2-7-12(13)14(18)15-10-5-4-6-11(9-10)17(19)20/h2-9,16H,1H3,(H,15,18). The number of carbonyl (C=O) groups is 1. The first kappa shape index (κ1) is 16.4. The van der Waals surface area contributed by atoms with Crippen molar-refractivity contribution in [3.05, 3.63) is 64.2 Å². The molecule has 2 rings (SSSR count). The molecule has 2 aromatic rings. The maximum atomic E-state index is 12.3. The fourth-order valence-corrected chi connectivity index (χ4v) is 2.44. The van der Waals surface area contributed by atoms with Gasteiger partial charge in [0.05, 0.1) is 22.4 Å². The monoisotopic (exact) mass is 335 g/mol. The van der Waals surface area contributed by atoms with E-state index in [1.807, 2.05) is 0 Å². The first-order valence-electron chi connectivity index (χ1n) is 6.39. The number of hydrogen-bond donors (Lipinski definition) is 2. The SMILES string of the molecule is CS(=O)(=O)Nc1ccccc1C(=O)Nc1cccc([N+](=O)[O-])c1. The highest BCUT2D eigenvalue weighted by Gasteiger charge is 2.15. The number of nitro benzene ring substituents is 1. The van der Waals surface area contributed by atoms with E-state index in [0.717, 1.165) is 6.26 Å². The Morgan fingerprint density at radius 1 is 1.13 bits per heavy atom. The molecule has 0 aliphatic rings. The van der Waals surface area contributed by atoms with Crippen molar-refractivity contribution < 1.29 is 18.1 Å². The maximum absolute atomic E-state index is 12.3. The summed E-state index contributed by atoms with van der Waals surface area (Å²) in [5.41, 5.74) is 0.297. The minimum atomic E-state index is -3.54. The molecule has 0 bridgehead atoms. The lowest BCUT2D eigenvalue weighted by molar-refractivity contribution is -0.384. The Hall–Kier alpha value is -2.94. The Labute approximate surface area is 132 Å². The Kier molecular flexibility index (Phi) is 4.60. The zero-order valence-corrected chi connectivity index (χ0v) is 12.8. The van der Waals surface area contributed by atoms with E-state index < -0.39 is 20.9 Å². The molecule has 0 spiro atoms. The predicted octanol–water partition coefficient (Wildman–Crippen LogP) is 2.22. The van der Waals surface area contributed by atoms with Crippen LogP contribution in [0.5, 0.6) is 0 Å². The van der Waals surface area contributed by atoms with E-state index in [0.29, 0.717) is 0 Å².